The summed E-state index contributed by atoms with van der Waals surface area (Å²) >= 11 is 4.57. The van der Waals surface area contributed by atoms with Crippen LogP contribution in [0.25, 0.3) is 0 Å². The van der Waals surface area contributed by atoms with Gasteiger partial charge in [-0.1, -0.05) is 6.92 Å². The van der Waals surface area contributed by atoms with Crippen LogP contribution in [0.4, 0.5) is 0 Å². The van der Waals surface area contributed by atoms with E-state index >= 15 is 0 Å². The SMILES string of the molecule is CCC(=O)NN(C)C(N)=S. The van der Waals surface area contributed by atoms with Gasteiger partial charge in [0.05, 0.1) is 0 Å². The maximum Gasteiger partial charge on any atom is 0.238 e. The Hall–Kier alpha value is -0.840. The largest absolute Gasteiger partial charge is 0.375 e. The van der Waals surface area contributed by atoms with Gasteiger partial charge in [-0.2, -0.15) is 0 Å². The van der Waals surface area contributed by atoms with Gasteiger partial charge in [0.1, 0.15) is 0 Å². The Morgan fingerprint density at radius 1 is 1.80 bits per heavy atom. The van der Waals surface area contributed by atoms with Crippen LogP contribution in [0.2, 0.25) is 0 Å². The van der Waals surface area contributed by atoms with Crippen LogP contribution in [0, 0.1) is 0 Å². The smallest absolute Gasteiger partial charge is 0.238 e. The number of carbonyl (C=O) groups excluding carboxylic acids is 1. The second-order valence-electron chi connectivity index (χ2n) is 1.79. The Morgan fingerprint density at radius 3 is 2.60 bits per heavy atom. The van der Waals surface area contributed by atoms with Gasteiger partial charge in [-0.05, 0) is 12.2 Å². The van der Waals surface area contributed by atoms with Crippen molar-refractivity contribution in [1.29, 1.82) is 0 Å². The fourth-order valence-electron chi connectivity index (χ4n) is 0.321. The van der Waals surface area contributed by atoms with Gasteiger partial charge in [-0.3, -0.25) is 15.2 Å². The summed E-state index contributed by atoms with van der Waals surface area (Å²) in [4.78, 5) is 10.7. The summed E-state index contributed by atoms with van der Waals surface area (Å²) < 4.78 is 0. The molecule has 0 saturated carbocycles. The number of hydrazine groups is 1. The molecular formula is C5H11N3OS. The van der Waals surface area contributed by atoms with Gasteiger partial charge >= 0.3 is 0 Å². The molecule has 0 fully saturated rings. The summed E-state index contributed by atoms with van der Waals surface area (Å²) in [5.74, 6) is -0.102. The number of hydrogen-bond donors (Lipinski definition) is 2. The lowest BCUT2D eigenvalue weighted by molar-refractivity contribution is -0.123. The molecular weight excluding hydrogens is 150 g/mol. The lowest BCUT2D eigenvalue weighted by Gasteiger charge is -2.16. The molecule has 0 aromatic rings. The van der Waals surface area contributed by atoms with Gasteiger partial charge in [0.15, 0.2) is 5.11 Å². The van der Waals surface area contributed by atoms with Crippen molar-refractivity contribution in [3.63, 3.8) is 0 Å². The van der Waals surface area contributed by atoms with Crippen LogP contribution in [0.15, 0.2) is 0 Å². The highest BCUT2D eigenvalue weighted by molar-refractivity contribution is 7.80. The quantitative estimate of drug-likeness (QED) is 0.406. The summed E-state index contributed by atoms with van der Waals surface area (Å²) in [6.45, 7) is 1.75. The van der Waals surface area contributed by atoms with Gasteiger partial charge in [-0.25, -0.2) is 0 Å². The van der Waals surface area contributed by atoms with Gasteiger partial charge in [-0.15, -0.1) is 0 Å². The van der Waals surface area contributed by atoms with Crippen molar-refractivity contribution in [1.82, 2.24) is 10.4 Å². The summed E-state index contributed by atoms with van der Waals surface area (Å²) in [5.41, 5.74) is 7.64. The van der Waals surface area contributed by atoms with Crippen molar-refractivity contribution in [2.45, 2.75) is 13.3 Å². The number of nitrogens with one attached hydrogen (secondary N) is 1. The van der Waals surface area contributed by atoms with Crippen LogP contribution in [0.1, 0.15) is 13.3 Å². The number of hydrogen-bond acceptors (Lipinski definition) is 2. The maximum absolute atomic E-state index is 10.7. The van der Waals surface area contributed by atoms with E-state index < -0.39 is 0 Å². The fourth-order valence-corrected chi connectivity index (χ4v) is 0.367. The number of nitrogens with zero attached hydrogens (tertiary/aromatic N) is 1. The molecule has 1 amide bonds. The number of nitrogens with two attached hydrogens (primary N) is 1. The molecule has 0 heterocycles. The Labute approximate surface area is 65.3 Å². The normalized spacial score (nSPS) is 8.60. The fraction of sp³-hybridized carbons (Fsp3) is 0.600. The van der Waals surface area contributed by atoms with E-state index in [0.717, 1.165) is 0 Å². The molecule has 0 aromatic carbocycles. The van der Waals surface area contributed by atoms with E-state index in [1.54, 1.807) is 14.0 Å². The topological polar surface area (TPSA) is 58.4 Å². The zero-order chi connectivity index (χ0) is 8.15. The molecule has 3 N–H and O–H groups in total. The average Bonchev–Trinajstić information content (AvgIpc) is 1.87. The zero-order valence-electron chi connectivity index (χ0n) is 6.05. The first kappa shape index (κ1) is 9.16. The third kappa shape index (κ3) is 3.24. The molecule has 4 nitrogen and oxygen atoms in total. The molecule has 0 aliphatic carbocycles. The lowest BCUT2D eigenvalue weighted by atomic mass is 10.5. The van der Waals surface area contributed by atoms with E-state index in [9.17, 15) is 4.79 Å². The molecule has 0 rings (SSSR count). The van der Waals surface area contributed by atoms with E-state index in [2.05, 4.69) is 17.6 Å². The van der Waals surface area contributed by atoms with Crippen molar-refractivity contribution < 1.29 is 4.79 Å². The first-order valence-corrected chi connectivity index (χ1v) is 3.31. The highest BCUT2D eigenvalue weighted by atomic mass is 32.1. The van der Waals surface area contributed by atoms with E-state index in [-0.39, 0.29) is 11.0 Å². The number of amides is 1. The molecule has 0 bridgehead atoms. The van der Waals surface area contributed by atoms with E-state index in [4.69, 9.17) is 5.73 Å². The third-order valence-corrected chi connectivity index (χ3v) is 1.22. The standard InChI is InChI=1S/C5H11N3OS/c1-3-4(9)7-8(2)5(6)10/h3H2,1-2H3,(H2,6,10)(H,7,9). The van der Waals surface area contributed by atoms with Gasteiger partial charge in [0.2, 0.25) is 5.91 Å². The minimum absolute atomic E-state index is 0.102. The lowest BCUT2D eigenvalue weighted by Crippen LogP contribution is -2.45. The number of thiocarbonyl (C=S) groups is 1. The molecule has 58 valence electrons. The van der Waals surface area contributed by atoms with Crippen LogP contribution < -0.4 is 11.2 Å². The van der Waals surface area contributed by atoms with Crippen molar-refractivity contribution in [3.05, 3.63) is 0 Å². The monoisotopic (exact) mass is 161 g/mol. The Kier molecular flexibility index (Phi) is 3.71. The molecule has 0 radical (unpaired) electrons. The minimum atomic E-state index is -0.102. The molecule has 0 aromatic heterocycles. The first-order chi connectivity index (χ1) is 4.57. The first-order valence-electron chi connectivity index (χ1n) is 2.90. The van der Waals surface area contributed by atoms with Crippen molar-refractivity contribution >= 4 is 23.2 Å². The minimum Gasteiger partial charge on any atom is -0.375 e. The van der Waals surface area contributed by atoms with Crippen molar-refractivity contribution in [2.24, 2.45) is 5.73 Å². The molecule has 0 spiro atoms. The molecule has 0 atom stereocenters. The van der Waals surface area contributed by atoms with Gasteiger partial charge in [0.25, 0.3) is 0 Å². The molecule has 5 heteroatoms. The average molecular weight is 161 g/mol. The Morgan fingerprint density at radius 2 is 2.30 bits per heavy atom. The molecule has 10 heavy (non-hydrogen) atoms. The summed E-state index contributed by atoms with van der Waals surface area (Å²) in [7, 11) is 1.59. The van der Waals surface area contributed by atoms with Gasteiger partial charge < -0.3 is 5.73 Å². The van der Waals surface area contributed by atoms with Gasteiger partial charge in [0, 0.05) is 13.5 Å². The molecule has 0 saturated heterocycles. The summed E-state index contributed by atoms with van der Waals surface area (Å²) in [6.07, 6.45) is 0.424. The second-order valence-corrected chi connectivity index (χ2v) is 2.20. The predicted octanol–water partition coefficient (Wildman–Crippen LogP) is -0.397. The summed E-state index contributed by atoms with van der Waals surface area (Å²) in [6, 6.07) is 0. The van der Waals surface area contributed by atoms with E-state index in [0.29, 0.717) is 6.42 Å². The van der Waals surface area contributed by atoms with Crippen LogP contribution in [-0.2, 0) is 4.79 Å². The highest BCUT2D eigenvalue weighted by Gasteiger charge is 2.01. The second kappa shape index (κ2) is 4.05. The van der Waals surface area contributed by atoms with Crippen LogP contribution in [0.5, 0.6) is 0 Å². The molecule has 0 unspecified atom stereocenters. The zero-order valence-corrected chi connectivity index (χ0v) is 6.86. The van der Waals surface area contributed by atoms with Crippen molar-refractivity contribution in [3.8, 4) is 0 Å². The van der Waals surface area contributed by atoms with Crippen LogP contribution in [-0.4, -0.2) is 23.1 Å². The third-order valence-electron chi connectivity index (χ3n) is 0.944. The Balaban J connectivity index is 3.68. The van der Waals surface area contributed by atoms with E-state index in [1.807, 2.05) is 0 Å². The van der Waals surface area contributed by atoms with Crippen LogP contribution >= 0.6 is 12.2 Å². The highest BCUT2D eigenvalue weighted by Crippen LogP contribution is 1.78. The van der Waals surface area contributed by atoms with E-state index in [1.165, 1.54) is 5.01 Å². The molecule has 0 aliphatic rings. The van der Waals surface area contributed by atoms with Crippen LogP contribution in [0.3, 0.4) is 0 Å². The summed E-state index contributed by atoms with van der Waals surface area (Å²) in [5, 5.41) is 1.46. The van der Waals surface area contributed by atoms with Crippen molar-refractivity contribution in [2.75, 3.05) is 7.05 Å². The Bertz CT molecular complexity index is 148. The number of carbonyl (C=O) groups is 1. The maximum atomic E-state index is 10.7. The molecule has 0 aliphatic heterocycles. The number of rotatable bonds is 1. The predicted molar refractivity (Wildman–Crippen MR) is 43.0 cm³/mol.